The predicted octanol–water partition coefficient (Wildman–Crippen LogP) is 6.66. The van der Waals surface area contributed by atoms with Crippen LogP contribution >= 0.6 is 22.6 Å². The normalized spacial score (nSPS) is 13.5. The highest BCUT2D eigenvalue weighted by atomic mass is 127. The van der Waals surface area contributed by atoms with Gasteiger partial charge in [0.1, 0.15) is 5.75 Å². The van der Waals surface area contributed by atoms with E-state index in [1.54, 1.807) is 7.11 Å². The minimum atomic E-state index is -0.160. The number of fused-ring (bicyclic) bond motifs is 1. The molecule has 1 atom stereocenters. The van der Waals surface area contributed by atoms with Crippen molar-refractivity contribution in [3.8, 4) is 5.75 Å². The van der Waals surface area contributed by atoms with Crippen molar-refractivity contribution in [3.63, 3.8) is 0 Å². The topological polar surface area (TPSA) is 27.1 Å². The van der Waals surface area contributed by atoms with Crippen LogP contribution in [0.15, 0.2) is 73.1 Å². The van der Waals surface area contributed by atoms with Crippen LogP contribution in [0.3, 0.4) is 0 Å². The molecular formula is C26H27IN2O. The third-order valence-electron chi connectivity index (χ3n) is 6.30. The number of methoxy groups -OCH3 is 1. The molecule has 4 heteroatoms. The highest BCUT2D eigenvalue weighted by Crippen LogP contribution is 2.45. The summed E-state index contributed by atoms with van der Waals surface area (Å²) in [5.74, 6) is 1.32. The molecule has 4 rings (SSSR count). The standard InChI is InChI=1S/C26H27IN2O/c1-18(2)26(3,19-11-13-20(27)14-12-19)22-17-29(16-21-8-5-6-15-28-21)23-9-7-10-24(30-4)25(22)23/h5-15,17-18H,16H2,1-4H3. The van der Waals surface area contributed by atoms with E-state index in [-0.39, 0.29) is 5.41 Å². The average Bonchev–Trinajstić information content (AvgIpc) is 3.13. The zero-order chi connectivity index (χ0) is 21.3. The van der Waals surface area contributed by atoms with E-state index in [4.69, 9.17) is 4.74 Å². The first-order valence-electron chi connectivity index (χ1n) is 10.3. The highest BCUT2D eigenvalue weighted by Gasteiger charge is 2.36. The van der Waals surface area contributed by atoms with Crippen molar-refractivity contribution in [2.24, 2.45) is 5.92 Å². The predicted molar refractivity (Wildman–Crippen MR) is 132 cm³/mol. The average molecular weight is 510 g/mol. The summed E-state index contributed by atoms with van der Waals surface area (Å²) < 4.78 is 9.39. The smallest absolute Gasteiger partial charge is 0.128 e. The molecule has 0 aliphatic carbocycles. The van der Waals surface area contributed by atoms with Crippen molar-refractivity contribution in [1.29, 1.82) is 0 Å². The molecule has 0 aliphatic rings. The van der Waals surface area contributed by atoms with E-state index in [0.717, 1.165) is 18.0 Å². The Morgan fingerprint density at radius 2 is 1.80 bits per heavy atom. The van der Waals surface area contributed by atoms with Gasteiger partial charge < -0.3 is 9.30 Å². The largest absolute Gasteiger partial charge is 0.496 e. The van der Waals surface area contributed by atoms with Crippen LogP contribution < -0.4 is 4.74 Å². The number of aromatic nitrogens is 2. The van der Waals surface area contributed by atoms with Gasteiger partial charge >= 0.3 is 0 Å². The van der Waals surface area contributed by atoms with Crippen molar-refractivity contribution in [2.75, 3.05) is 7.11 Å². The van der Waals surface area contributed by atoms with Gasteiger partial charge in [0.25, 0.3) is 0 Å². The van der Waals surface area contributed by atoms with E-state index in [1.807, 2.05) is 18.3 Å². The van der Waals surface area contributed by atoms with Crippen molar-refractivity contribution >= 4 is 33.5 Å². The van der Waals surface area contributed by atoms with E-state index in [1.165, 1.54) is 25.6 Å². The van der Waals surface area contributed by atoms with Crippen molar-refractivity contribution in [3.05, 3.63) is 93.4 Å². The lowest BCUT2D eigenvalue weighted by Gasteiger charge is -2.35. The van der Waals surface area contributed by atoms with Crippen LogP contribution in [0.5, 0.6) is 5.75 Å². The van der Waals surface area contributed by atoms with E-state index < -0.39 is 0 Å². The van der Waals surface area contributed by atoms with E-state index in [0.29, 0.717) is 5.92 Å². The number of hydrogen-bond acceptors (Lipinski definition) is 2. The van der Waals surface area contributed by atoms with Gasteiger partial charge in [-0.25, -0.2) is 0 Å². The van der Waals surface area contributed by atoms with Gasteiger partial charge in [0.2, 0.25) is 0 Å². The lowest BCUT2D eigenvalue weighted by molar-refractivity contribution is 0.401. The fraction of sp³-hybridized carbons (Fsp3) is 0.269. The van der Waals surface area contributed by atoms with Crippen LogP contribution in [0.2, 0.25) is 0 Å². The molecule has 0 bridgehead atoms. The molecule has 1 unspecified atom stereocenters. The van der Waals surface area contributed by atoms with Crippen LogP contribution in [0.25, 0.3) is 10.9 Å². The Balaban J connectivity index is 1.97. The summed E-state index contributed by atoms with van der Waals surface area (Å²) in [6.45, 7) is 7.68. The molecular weight excluding hydrogens is 483 g/mol. The second-order valence-corrected chi connectivity index (χ2v) is 9.46. The molecule has 2 heterocycles. The third kappa shape index (κ3) is 3.62. The van der Waals surface area contributed by atoms with Gasteiger partial charge in [0.15, 0.2) is 0 Å². The Labute approximate surface area is 192 Å². The van der Waals surface area contributed by atoms with E-state index in [9.17, 15) is 0 Å². The van der Waals surface area contributed by atoms with Crippen molar-refractivity contribution in [2.45, 2.75) is 32.7 Å². The monoisotopic (exact) mass is 510 g/mol. The SMILES string of the molecule is COc1cccc2c1c(C(C)(c1ccc(I)cc1)C(C)C)cn2Cc1ccccn1. The Morgan fingerprint density at radius 1 is 1.03 bits per heavy atom. The van der Waals surface area contributed by atoms with Gasteiger partial charge in [-0.3, -0.25) is 4.98 Å². The lowest BCUT2D eigenvalue weighted by atomic mass is 9.68. The second-order valence-electron chi connectivity index (χ2n) is 8.21. The number of pyridine rings is 1. The third-order valence-corrected chi connectivity index (χ3v) is 7.02. The van der Waals surface area contributed by atoms with Crippen LogP contribution in [-0.2, 0) is 12.0 Å². The zero-order valence-corrected chi connectivity index (χ0v) is 20.1. The maximum atomic E-state index is 5.83. The number of hydrogen-bond donors (Lipinski definition) is 0. The van der Waals surface area contributed by atoms with Gasteiger partial charge in [-0.1, -0.05) is 45.0 Å². The molecule has 154 valence electrons. The van der Waals surface area contributed by atoms with Crippen molar-refractivity contribution < 1.29 is 4.74 Å². The van der Waals surface area contributed by atoms with Gasteiger partial charge in [0.05, 0.1) is 24.9 Å². The van der Waals surface area contributed by atoms with Gasteiger partial charge in [0, 0.05) is 26.8 Å². The molecule has 2 aromatic carbocycles. The minimum absolute atomic E-state index is 0.160. The summed E-state index contributed by atoms with van der Waals surface area (Å²) in [6.07, 6.45) is 4.16. The summed E-state index contributed by atoms with van der Waals surface area (Å²) >= 11 is 2.37. The molecule has 0 radical (unpaired) electrons. The Kier molecular flexibility index (Phi) is 5.87. The number of benzene rings is 2. The summed E-state index contributed by atoms with van der Waals surface area (Å²) in [5.41, 5.74) is 4.67. The Morgan fingerprint density at radius 3 is 2.43 bits per heavy atom. The number of ether oxygens (including phenoxy) is 1. The Hall–Kier alpha value is -2.34. The van der Waals surface area contributed by atoms with Crippen molar-refractivity contribution in [1.82, 2.24) is 9.55 Å². The molecule has 0 aliphatic heterocycles. The van der Waals surface area contributed by atoms with Gasteiger partial charge in [-0.05, 0) is 76.0 Å². The summed E-state index contributed by atoms with van der Waals surface area (Å²) in [5, 5.41) is 1.19. The van der Waals surface area contributed by atoms with Crippen LogP contribution in [0.4, 0.5) is 0 Å². The van der Waals surface area contributed by atoms with Crippen LogP contribution in [0, 0.1) is 9.49 Å². The van der Waals surface area contributed by atoms with Gasteiger partial charge in [-0.2, -0.15) is 0 Å². The fourth-order valence-corrected chi connectivity index (χ4v) is 4.64. The lowest BCUT2D eigenvalue weighted by Crippen LogP contribution is -2.30. The van der Waals surface area contributed by atoms with E-state index in [2.05, 4.69) is 108 Å². The highest BCUT2D eigenvalue weighted by molar-refractivity contribution is 14.1. The second kappa shape index (κ2) is 8.42. The molecule has 0 fully saturated rings. The first kappa shape index (κ1) is 20.9. The number of halogens is 1. The Bertz CT molecular complexity index is 1150. The molecule has 0 spiro atoms. The molecule has 0 N–H and O–H groups in total. The molecule has 2 aromatic heterocycles. The zero-order valence-electron chi connectivity index (χ0n) is 17.9. The molecule has 3 nitrogen and oxygen atoms in total. The van der Waals surface area contributed by atoms with E-state index >= 15 is 0 Å². The molecule has 0 amide bonds. The summed E-state index contributed by atoms with van der Waals surface area (Å²) in [4.78, 5) is 4.54. The van der Waals surface area contributed by atoms with Crippen LogP contribution in [0.1, 0.15) is 37.6 Å². The molecule has 4 aromatic rings. The maximum absolute atomic E-state index is 5.83. The quantitative estimate of drug-likeness (QED) is 0.271. The first-order chi connectivity index (χ1) is 14.4. The first-order valence-corrected chi connectivity index (χ1v) is 11.3. The van der Waals surface area contributed by atoms with Crippen LogP contribution in [-0.4, -0.2) is 16.7 Å². The maximum Gasteiger partial charge on any atom is 0.128 e. The minimum Gasteiger partial charge on any atom is -0.496 e. The number of rotatable bonds is 6. The van der Waals surface area contributed by atoms with Gasteiger partial charge in [-0.15, -0.1) is 0 Å². The number of nitrogens with zero attached hydrogens (tertiary/aromatic N) is 2. The molecule has 30 heavy (non-hydrogen) atoms. The summed E-state index contributed by atoms with van der Waals surface area (Å²) in [7, 11) is 1.76. The molecule has 0 saturated carbocycles. The molecule has 0 saturated heterocycles. The summed E-state index contributed by atoms with van der Waals surface area (Å²) in [6, 6.07) is 21.3. The fourth-order valence-electron chi connectivity index (χ4n) is 4.28.